The first-order valence-corrected chi connectivity index (χ1v) is 4.79. The third kappa shape index (κ3) is 1.86. The van der Waals surface area contributed by atoms with Crippen molar-refractivity contribution < 1.29 is 9.90 Å². The molecule has 3 nitrogen and oxygen atoms in total. The van der Waals surface area contributed by atoms with E-state index in [2.05, 4.69) is 11.9 Å². The fourth-order valence-corrected chi connectivity index (χ4v) is 1.65. The number of carbonyl (C=O) groups is 1. The molecule has 0 saturated heterocycles. The van der Waals surface area contributed by atoms with Crippen LogP contribution < -0.4 is 0 Å². The van der Waals surface area contributed by atoms with E-state index < -0.39 is 11.9 Å². The summed E-state index contributed by atoms with van der Waals surface area (Å²) in [5.41, 5.74) is 2.04. The fourth-order valence-electron chi connectivity index (χ4n) is 1.65. The number of aliphatic carboxylic acids is 1. The van der Waals surface area contributed by atoms with Gasteiger partial charge < -0.3 is 10.1 Å². The third-order valence-corrected chi connectivity index (χ3v) is 2.49. The summed E-state index contributed by atoms with van der Waals surface area (Å²) < 4.78 is 0. The number of H-pyrrole nitrogens is 1. The lowest BCUT2D eigenvalue weighted by Crippen LogP contribution is -2.12. The fraction of sp³-hybridized carbons (Fsp3) is 0.167. The maximum atomic E-state index is 10.7. The molecule has 1 aromatic carbocycles. The number of nitrogens with one attached hydrogen (secondary N) is 1. The highest BCUT2D eigenvalue weighted by Gasteiger charge is 2.13. The number of aromatic nitrogens is 1. The Hall–Kier alpha value is -1.77. The Balaban J connectivity index is 2.32. The number of aromatic amines is 1. The highest BCUT2D eigenvalue weighted by molar-refractivity contribution is 5.83. The van der Waals surface area contributed by atoms with Crippen LogP contribution in [0.1, 0.15) is 5.56 Å². The van der Waals surface area contributed by atoms with Crippen molar-refractivity contribution in [1.29, 1.82) is 0 Å². The van der Waals surface area contributed by atoms with Gasteiger partial charge in [0.15, 0.2) is 0 Å². The third-order valence-electron chi connectivity index (χ3n) is 2.49. The van der Waals surface area contributed by atoms with Gasteiger partial charge in [0.25, 0.3) is 0 Å². The Morgan fingerprint density at radius 1 is 1.47 bits per heavy atom. The van der Waals surface area contributed by atoms with Crippen LogP contribution in [0, 0.1) is 12.8 Å². The van der Waals surface area contributed by atoms with E-state index in [1.165, 1.54) is 0 Å². The van der Waals surface area contributed by atoms with Crippen molar-refractivity contribution in [3.05, 3.63) is 42.9 Å². The molecule has 1 atom stereocenters. The molecule has 0 saturated carbocycles. The van der Waals surface area contributed by atoms with E-state index in [0.717, 1.165) is 16.5 Å². The number of para-hydroxylation sites is 1. The van der Waals surface area contributed by atoms with Crippen LogP contribution in [0.5, 0.6) is 0 Å². The summed E-state index contributed by atoms with van der Waals surface area (Å²) in [5.74, 6) is -1.45. The van der Waals surface area contributed by atoms with E-state index in [1.807, 2.05) is 30.5 Å². The second kappa shape index (κ2) is 3.77. The molecule has 0 aliphatic rings. The van der Waals surface area contributed by atoms with E-state index in [1.54, 1.807) is 0 Å². The zero-order valence-electron chi connectivity index (χ0n) is 8.23. The smallest absolute Gasteiger partial charge is 0.306 e. The van der Waals surface area contributed by atoms with Crippen molar-refractivity contribution in [2.24, 2.45) is 5.92 Å². The van der Waals surface area contributed by atoms with Gasteiger partial charge in [0.05, 0.1) is 5.92 Å². The average Bonchev–Trinajstić information content (AvgIpc) is 2.62. The van der Waals surface area contributed by atoms with Crippen LogP contribution in [0.15, 0.2) is 30.5 Å². The van der Waals surface area contributed by atoms with Gasteiger partial charge in [-0.3, -0.25) is 4.79 Å². The van der Waals surface area contributed by atoms with Gasteiger partial charge in [0, 0.05) is 17.1 Å². The Labute approximate surface area is 87.7 Å². The summed E-state index contributed by atoms with van der Waals surface area (Å²) in [7, 11) is 0. The quantitative estimate of drug-likeness (QED) is 0.802. The minimum Gasteiger partial charge on any atom is -0.481 e. The molecule has 2 rings (SSSR count). The van der Waals surface area contributed by atoms with Crippen LogP contribution in [-0.4, -0.2) is 16.1 Å². The summed E-state index contributed by atoms with van der Waals surface area (Å²) in [6, 6.07) is 7.84. The Bertz CT molecular complexity index is 487. The standard InChI is InChI=1S/C12H12NO2/c1-8(12(14)15)6-9-7-13-11-5-3-2-4-10(9)11/h2-5,7-8,13H,1,6H2,(H,14,15). The topological polar surface area (TPSA) is 53.1 Å². The van der Waals surface area contributed by atoms with Gasteiger partial charge in [0.1, 0.15) is 0 Å². The van der Waals surface area contributed by atoms with Crippen LogP contribution in [0.4, 0.5) is 0 Å². The molecular weight excluding hydrogens is 190 g/mol. The number of hydrogen-bond donors (Lipinski definition) is 2. The van der Waals surface area contributed by atoms with E-state index in [0.29, 0.717) is 6.42 Å². The molecule has 0 fully saturated rings. The average molecular weight is 202 g/mol. The number of benzene rings is 1. The summed E-state index contributed by atoms with van der Waals surface area (Å²) >= 11 is 0. The van der Waals surface area contributed by atoms with E-state index in [4.69, 9.17) is 5.11 Å². The largest absolute Gasteiger partial charge is 0.481 e. The Kier molecular flexibility index (Phi) is 2.46. The van der Waals surface area contributed by atoms with Crippen molar-refractivity contribution in [3.8, 4) is 0 Å². The monoisotopic (exact) mass is 202 g/mol. The van der Waals surface area contributed by atoms with Crippen LogP contribution >= 0.6 is 0 Å². The number of fused-ring (bicyclic) bond motifs is 1. The van der Waals surface area contributed by atoms with E-state index in [-0.39, 0.29) is 0 Å². The number of carboxylic acid groups (broad SMARTS) is 1. The number of hydrogen-bond acceptors (Lipinski definition) is 1. The van der Waals surface area contributed by atoms with Gasteiger partial charge in [-0.25, -0.2) is 0 Å². The molecule has 1 heterocycles. The van der Waals surface area contributed by atoms with E-state index in [9.17, 15) is 4.79 Å². The second-order valence-electron chi connectivity index (χ2n) is 3.60. The van der Waals surface area contributed by atoms with Crippen molar-refractivity contribution >= 4 is 16.9 Å². The molecule has 1 radical (unpaired) electrons. The molecule has 77 valence electrons. The molecular formula is C12H12NO2. The minimum atomic E-state index is -0.861. The molecule has 1 unspecified atom stereocenters. The van der Waals surface area contributed by atoms with Gasteiger partial charge in [-0.05, 0) is 25.0 Å². The van der Waals surface area contributed by atoms with Gasteiger partial charge >= 0.3 is 5.97 Å². The van der Waals surface area contributed by atoms with Gasteiger partial charge in [-0.15, -0.1) is 0 Å². The first kappa shape index (κ1) is 9.77. The zero-order chi connectivity index (χ0) is 10.8. The van der Waals surface area contributed by atoms with Gasteiger partial charge in [-0.1, -0.05) is 18.2 Å². The maximum Gasteiger partial charge on any atom is 0.306 e. The van der Waals surface area contributed by atoms with Crippen LogP contribution in [-0.2, 0) is 11.2 Å². The lowest BCUT2D eigenvalue weighted by Gasteiger charge is -2.03. The van der Waals surface area contributed by atoms with Crippen molar-refractivity contribution in [2.45, 2.75) is 6.42 Å². The Morgan fingerprint density at radius 2 is 2.20 bits per heavy atom. The molecule has 15 heavy (non-hydrogen) atoms. The van der Waals surface area contributed by atoms with Gasteiger partial charge in [0.2, 0.25) is 0 Å². The summed E-state index contributed by atoms with van der Waals surface area (Å²) in [6.45, 7) is 3.61. The molecule has 0 spiro atoms. The molecule has 2 N–H and O–H groups in total. The highest BCUT2D eigenvalue weighted by Crippen LogP contribution is 2.20. The minimum absolute atomic E-state index is 0.458. The molecule has 3 heteroatoms. The van der Waals surface area contributed by atoms with Crippen molar-refractivity contribution in [3.63, 3.8) is 0 Å². The second-order valence-corrected chi connectivity index (χ2v) is 3.60. The van der Waals surface area contributed by atoms with E-state index >= 15 is 0 Å². The first-order chi connectivity index (χ1) is 7.18. The summed E-state index contributed by atoms with van der Waals surface area (Å²) in [4.78, 5) is 13.8. The zero-order valence-corrected chi connectivity index (χ0v) is 8.23. The molecule has 2 aromatic rings. The maximum absolute atomic E-state index is 10.7. The Morgan fingerprint density at radius 3 is 2.93 bits per heavy atom. The molecule has 0 aliphatic heterocycles. The van der Waals surface area contributed by atoms with Crippen molar-refractivity contribution in [2.75, 3.05) is 0 Å². The first-order valence-electron chi connectivity index (χ1n) is 4.79. The lowest BCUT2D eigenvalue weighted by atomic mass is 10.0. The molecule has 0 bridgehead atoms. The molecule has 0 aliphatic carbocycles. The van der Waals surface area contributed by atoms with Crippen molar-refractivity contribution in [1.82, 2.24) is 4.98 Å². The van der Waals surface area contributed by atoms with Crippen LogP contribution in [0.3, 0.4) is 0 Å². The predicted molar refractivity (Wildman–Crippen MR) is 58.5 cm³/mol. The highest BCUT2D eigenvalue weighted by atomic mass is 16.4. The predicted octanol–water partition coefficient (Wildman–Crippen LogP) is 2.25. The van der Waals surface area contributed by atoms with Crippen LogP contribution in [0.2, 0.25) is 0 Å². The van der Waals surface area contributed by atoms with Crippen LogP contribution in [0.25, 0.3) is 10.9 Å². The summed E-state index contributed by atoms with van der Waals surface area (Å²) in [5, 5.41) is 9.86. The number of carboxylic acids is 1. The lowest BCUT2D eigenvalue weighted by molar-refractivity contribution is -0.140. The number of rotatable bonds is 3. The van der Waals surface area contributed by atoms with Gasteiger partial charge in [-0.2, -0.15) is 0 Å². The molecule has 1 aromatic heterocycles. The normalized spacial score (nSPS) is 12.9. The SMILES string of the molecule is [CH2]C(Cc1c[nH]c2ccccc12)C(=O)O. The molecule has 0 amide bonds. The summed E-state index contributed by atoms with van der Waals surface area (Å²) in [6.07, 6.45) is 2.31.